The molecular weight excluding hydrogens is 324 g/mol. The quantitative estimate of drug-likeness (QED) is 0.861. The van der Waals surface area contributed by atoms with Crippen molar-refractivity contribution in [3.05, 3.63) is 35.7 Å². The predicted octanol–water partition coefficient (Wildman–Crippen LogP) is 0.685. The highest BCUT2D eigenvalue weighted by atomic mass is 16.6. The van der Waals surface area contributed by atoms with Crippen molar-refractivity contribution >= 4 is 12.0 Å². The number of benzene rings is 1. The van der Waals surface area contributed by atoms with Gasteiger partial charge in [-0.15, -0.1) is 5.10 Å². The molecule has 25 heavy (non-hydrogen) atoms. The van der Waals surface area contributed by atoms with Crippen LogP contribution in [0.25, 0.3) is 5.69 Å². The Labute approximate surface area is 143 Å². The van der Waals surface area contributed by atoms with E-state index < -0.39 is 11.7 Å². The lowest BCUT2D eigenvalue weighted by Crippen LogP contribution is -2.52. The first-order valence-electron chi connectivity index (χ1n) is 8.18. The Morgan fingerprint density at radius 3 is 3.00 bits per heavy atom. The van der Waals surface area contributed by atoms with E-state index in [9.17, 15) is 9.59 Å². The highest BCUT2D eigenvalue weighted by Gasteiger charge is 2.44. The number of nitrogens with one attached hydrogen (secondary N) is 1. The number of ether oxygens (including phenoxy) is 1. The summed E-state index contributed by atoms with van der Waals surface area (Å²) in [5.74, 6) is 0.556. The highest BCUT2D eigenvalue weighted by Crippen LogP contribution is 2.29. The summed E-state index contributed by atoms with van der Waals surface area (Å²) < 4.78 is 7.01. The van der Waals surface area contributed by atoms with Gasteiger partial charge in [0.1, 0.15) is 5.60 Å². The molecule has 9 heteroatoms. The molecule has 4 rings (SSSR count). The number of nitrogens with zero attached hydrogens (tertiary/aromatic N) is 5. The molecule has 1 aromatic heterocycles. The lowest BCUT2D eigenvalue weighted by molar-refractivity contribution is -0.00503. The molecule has 2 aliphatic heterocycles. The van der Waals surface area contributed by atoms with Crippen molar-refractivity contribution in [2.75, 3.05) is 19.6 Å². The van der Waals surface area contributed by atoms with Crippen molar-refractivity contribution in [3.8, 4) is 5.69 Å². The molecule has 2 aliphatic rings. The lowest BCUT2D eigenvalue weighted by Gasteiger charge is -2.38. The summed E-state index contributed by atoms with van der Waals surface area (Å²) in [6, 6.07) is 7.19. The zero-order valence-electron chi connectivity index (χ0n) is 13.8. The summed E-state index contributed by atoms with van der Waals surface area (Å²) in [5, 5.41) is 14.1. The van der Waals surface area contributed by atoms with Crippen LogP contribution in [0.1, 0.15) is 29.0 Å². The molecule has 1 atom stereocenters. The second-order valence-electron chi connectivity index (χ2n) is 6.44. The van der Waals surface area contributed by atoms with E-state index in [0.29, 0.717) is 31.0 Å². The minimum atomic E-state index is -0.602. The monoisotopic (exact) mass is 342 g/mol. The van der Waals surface area contributed by atoms with Gasteiger partial charge < -0.3 is 15.0 Å². The number of hydrogen-bond acceptors (Lipinski definition) is 6. The van der Waals surface area contributed by atoms with Crippen LogP contribution in [0, 0.1) is 6.92 Å². The standard InChI is InChI=1S/C16H18N6O3/c1-11-18-19-20-22(11)13-5-2-4-12(8-13)14(23)21-7-3-6-16(10-21)9-17-15(24)25-16/h2,4-5,8H,3,6-7,9-10H2,1H3,(H,17,24)/t16-/m0/s1. The summed E-state index contributed by atoms with van der Waals surface area (Å²) in [6.07, 6.45) is 1.15. The fourth-order valence-electron chi connectivity index (χ4n) is 3.42. The van der Waals surface area contributed by atoms with Crippen molar-refractivity contribution in [3.63, 3.8) is 0 Å². The maximum atomic E-state index is 12.9. The summed E-state index contributed by atoms with van der Waals surface area (Å²) >= 11 is 0. The van der Waals surface area contributed by atoms with Gasteiger partial charge >= 0.3 is 6.09 Å². The van der Waals surface area contributed by atoms with Crippen molar-refractivity contribution in [2.24, 2.45) is 0 Å². The molecule has 3 heterocycles. The summed E-state index contributed by atoms with van der Waals surface area (Å²) in [6.45, 7) is 3.29. The van der Waals surface area contributed by atoms with Crippen LogP contribution >= 0.6 is 0 Å². The van der Waals surface area contributed by atoms with Crippen LogP contribution in [0.4, 0.5) is 4.79 Å². The SMILES string of the molecule is Cc1nnnn1-c1cccc(C(=O)N2CCC[C@]3(CNC(=O)O3)C2)c1. The number of alkyl carbamates (subject to hydrolysis) is 1. The summed E-state index contributed by atoms with van der Waals surface area (Å²) in [7, 11) is 0. The molecule has 2 aromatic rings. The number of aromatic nitrogens is 4. The van der Waals surface area contributed by atoms with Gasteiger partial charge in [0.25, 0.3) is 5.91 Å². The van der Waals surface area contributed by atoms with Gasteiger partial charge in [-0.25, -0.2) is 4.79 Å². The van der Waals surface area contributed by atoms with E-state index in [4.69, 9.17) is 4.74 Å². The Kier molecular flexibility index (Phi) is 3.63. The average molecular weight is 342 g/mol. The fourth-order valence-corrected chi connectivity index (χ4v) is 3.42. The summed E-state index contributed by atoms with van der Waals surface area (Å²) in [5.41, 5.74) is 0.686. The van der Waals surface area contributed by atoms with Gasteiger partial charge in [-0.2, -0.15) is 4.68 Å². The van der Waals surface area contributed by atoms with E-state index in [2.05, 4.69) is 20.8 Å². The molecule has 0 saturated carbocycles. The number of carbonyl (C=O) groups is 2. The van der Waals surface area contributed by atoms with Crippen molar-refractivity contribution in [2.45, 2.75) is 25.4 Å². The van der Waals surface area contributed by atoms with Crippen LogP contribution < -0.4 is 5.32 Å². The van der Waals surface area contributed by atoms with Gasteiger partial charge in [-0.1, -0.05) is 6.07 Å². The minimum absolute atomic E-state index is 0.0883. The first kappa shape index (κ1) is 15.6. The van der Waals surface area contributed by atoms with E-state index in [1.807, 2.05) is 6.07 Å². The van der Waals surface area contributed by atoms with Crippen LogP contribution in [0.5, 0.6) is 0 Å². The van der Waals surface area contributed by atoms with Crippen molar-refractivity contribution < 1.29 is 14.3 Å². The van der Waals surface area contributed by atoms with Gasteiger partial charge in [-0.05, 0) is 48.4 Å². The number of rotatable bonds is 2. The molecule has 0 bridgehead atoms. The number of piperidine rings is 1. The number of aryl methyl sites for hydroxylation is 1. The molecule has 0 aliphatic carbocycles. The smallest absolute Gasteiger partial charge is 0.407 e. The van der Waals surface area contributed by atoms with Crippen LogP contribution in [-0.2, 0) is 4.74 Å². The molecule has 9 nitrogen and oxygen atoms in total. The molecule has 2 saturated heterocycles. The van der Waals surface area contributed by atoms with Gasteiger partial charge in [-0.3, -0.25) is 4.79 Å². The van der Waals surface area contributed by atoms with E-state index in [-0.39, 0.29) is 5.91 Å². The maximum absolute atomic E-state index is 12.9. The molecule has 1 spiro atoms. The van der Waals surface area contributed by atoms with Gasteiger partial charge in [0.2, 0.25) is 0 Å². The maximum Gasteiger partial charge on any atom is 0.407 e. The van der Waals surface area contributed by atoms with E-state index in [1.165, 1.54) is 0 Å². The Hall–Kier alpha value is -2.97. The molecule has 0 radical (unpaired) electrons. The zero-order valence-corrected chi connectivity index (χ0v) is 13.8. The first-order valence-corrected chi connectivity index (χ1v) is 8.18. The topological polar surface area (TPSA) is 102 Å². The van der Waals surface area contributed by atoms with Crippen LogP contribution in [-0.4, -0.2) is 62.3 Å². The second kappa shape index (κ2) is 5.83. The predicted molar refractivity (Wildman–Crippen MR) is 86.2 cm³/mol. The molecule has 1 N–H and O–H groups in total. The summed E-state index contributed by atoms with van der Waals surface area (Å²) in [4.78, 5) is 26.1. The molecule has 130 valence electrons. The third-order valence-electron chi connectivity index (χ3n) is 4.65. The van der Waals surface area contributed by atoms with Crippen molar-refractivity contribution in [1.82, 2.24) is 30.4 Å². The Balaban J connectivity index is 1.57. The number of amides is 2. The minimum Gasteiger partial charge on any atom is -0.439 e. The fraction of sp³-hybridized carbons (Fsp3) is 0.438. The molecule has 1 aromatic carbocycles. The van der Waals surface area contributed by atoms with Gasteiger partial charge in [0.05, 0.1) is 18.8 Å². The Bertz CT molecular complexity index is 835. The number of likely N-dealkylation sites (tertiary alicyclic amines) is 1. The lowest BCUT2D eigenvalue weighted by atomic mass is 9.92. The Morgan fingerprint density at radius 2 is 2.28 bits per heavy atom. The Morgan fingerprint density at radius 1 is 1.40 bits per heavy atom. The second-order valence-corrected chi connectivity index (χ2v) is 6.44. The normalized spacial score (nSPS) is 22.8. The van der Waals surface area contributed by atoms with Crippen LogP contribution in [0.3, 0.4) is 0 Å². The highest BCUT2D eigenvalue weighted by molar-refractivity contribution is 5.95. The first-order chi connectivity index (χ1) is 12.1. The third-order valence-corrected chi connectivity index (χ3v) is 4.65. The van der Waals surface area contributed by atoms with E-state index >= 15 is 0 Å². The largest absolute Gasteiger partial charge is 0.439 e. The zero-order chi connectivity index (χ0) is 17.4. The van der Waals surface area contributed by atoms with Gasteiger partial charge in [0.15, 0.2) is 5.82 Å². The van der Waals surface area contributed by atoms with Crippen LogP contribution in [0.15, 0.2) is 24.3 Å². The number of tetrazole rings is 1. The molecule has 2 fully saturated rings. The third kappa shape index (κ3) is 2.81. The number of carbonyl (C=O) groups excluding carboxylic acids is 2. The van der Waals surface area contributed by atoms with Crippen molar-refractivity contribution in [1.29, 1.82) is 0 Å². The van der Waals surface area contributed by atoms with E-state index in [1.54, 1.807) is 34.7 Å². The number of hydrogen-bond donors (Lipinski definition) is 1. The average Bonchev–Trinajstić information content (AvgIpc) is 3.20. The molecular formula is C16H18N6O3. The van der Waals surface area contributed by atoms with Gasteiger partial charge in [0, 0.05) is 12.1 Å². The van der Waals surface area contributed by atoms with E-state index in [0.717, 1.165) is 18.5 Å². The molecule has 2 amide bonds. The van der Waals surface area contributed by atoms with Crippen LogP contribution in [0.2, 0.25) is 0 Å². The molecule has 0 unspecified atom stereocenters.